The van der Waals surface area contributed by atoms with Crippen molar-refractivity contribution in [3.05, 3.63) is 0 Å². The number of urea groups is 1. The summed E-state index contributed by atoms with van der Waals surface area (Å²) in [6.45, 7) is 2.72. The lowest BCUT2D eigenvalue weighted by Gasteiger charge is -2.28. The van der Waals surface area contributed by atoms with E-state index in [-0.39, 0.29) is 6.03 Å². The van der Waals surface area contributed by atoms with E-state index in [4.69, 9.17) is 16.2 Å². The van der Waals surface area contributed by atoms with Crippen molar-refractivity contribution in [3.8, 4) is 0 Å². The Kier molecular flexibility index (Phi) is 6.45. The predicted molar refractivity (Wildman–Crippen MR) is 66.8 cm³/mol. The van der Waals surface area contributed by atoms with Gasteiger partial charge >= 0.3 is 6.03 Å². The first-order valence-electron chi connectivity index (χ1n) is 6.27. The monoisotopic (exact) mass is 258 g/mol. The Morgan fingerprint density at radius 2 is 1.94 bits per heavy atom. The lowest BCUT2D eigenvalue weighted by atomic mass is 10.1. The minimum atomic E-state index is -0.619. The molecule has 7 heteroatoms. The Morgan fingerprint density at radius 3 is 2.50 bits per heavy atom. The van der Waals surface area contributed by atoms with Crippen molar-refractivity contribution >= 4 is 11.9 Å². The molecule has 0 saturated carbocycles. The summed E-state index contributed by atoms with van der Waals surface area (Å²) in [5.74, 6) is -0.506. The van der Waals surface area contributed by atoms with Gasteiger partial charge in [0.1, 0.15) is 6.04 Å². The standard InChI is InChI=1S/C11H22N4O3/c12-4-2-1-3-9(10(13)16)14-11(17)15-5-7-18-8-6-15/h9H,1-8,12H2,(H2,13,16)(H,14,17)/t9-/m1/s1. The molecule has 0 bridgehead atoms. The van der Waals surface area contributed by atoms with E-state index in [2.05, 4.69) is 5.32 Å². The number of hydrogen-bond acceptors (Lipinski definition) is 4. The molecule has 0 spiro atoms. The fourth-order valence-electron chi connectivity index (χ4n) is 1.79. The average molecular weight is 258 g/mol. The van der Waals surface area contributed by atoms with Gasteiger partial charge in [-0.2, -0.15) is 0 Å². The van der Waals surface area contributed by atoms with Crippen LogP contribution in [0.1, 0.15) is 19.3 Å². The van der Waals surface area contributed by atoms with Crippen LogP contribution in [-0.4, -0.2) is 55.7 Å². The summed E-state index contributed by atoms with van der Waals surface area (Å²) < 4.78 is 5.15. The van der Waals surface area contributed by atoms with E-state index >= 15 is 0 Å². The minimum absolute atomic E-state index is 0.255. The van der Waals surface area contributed by atoms with E-state index in [1.165, 1.54) is 0 Å². The number of nitrogens with zero attached hydrogens (tertiary/aromatic N) is 1. The largest absolute Gasteiger partial charge is 0.378 e. The third kappa shape index (κ3) is 4.89. The van der Waals surface area contributed by atoms with Gasteiger partial charge in [-0.05, 0) is 25.8 Å². The van der Waals surface area contributed by atoms with E-state index < -0.39 is 11.9 Å². The number of carbonyl (C=O) groups is 2. The summed E-state index contributed by atoms with van der Waals surface area (Å²) in [6, 6.07) is -0.873. The number of unbranched alkanes of at least 4 members (excludes halogenated alkanes) is 1. The van der Waals surface area contributed by atoms with Crippen LogP contribution in [-0.2, 0) is 9.53 Å². The minimum Gasteiger partial charge on any atom is -0.378 e. The van der Waals surface area contributed by atoms with Gasteiger partial charge < -0.3 is 26.4 Å². The number of nitrogens with two attached hydrogens (primary N) is 2. The Balaban J connectivity index is 2.38. The second kappa shape index (κ2) is 7.88. The van der Waals surface area contributed by atoms with Gasteiger partial charge in [0.25, 0.3) is 0 Å². The zero-order chi connectivity index (χ0) is 13.4. The normalized spacial score (nSPS) is 17.3. The Hall–Kier alpha value is -1.34. The van der Waals surface area contributed by atoms with E-state index in [0.29, 0.717) is 39.3 Å². The van der Waals surface area contributed by atoms with Crippen molar-refractivity contribution in [2.75, 3.05) is 32.8 Å². The second-order valence-electron chi connectivity index (χ2n) is 4.29. The quantitative estimate of drug-likeness (QED) is 0.531. The molecule has 0 aliphatic carbocycles. The summed E-state index contributed by atoms with van der Waals surface area (Å²) in [6.07, 6.45) is 2.12. The van der Waals surface area contributed by atoms with Gasteiger partial charge in [0.2, 0.25) is 5.91 Å². The number of rotatable bonds is 6. The third-order valence-electron chi connectivity index (χ3n) is 2.89. The fourth-order valence-corrected chi connectivity index (χ4v) is 1.79. The predicted octanol–water partition coefficient (Wildman–Crippen LogP) is -0.989. The van der Waals surface area contributed by atoms with Crippen LogP contribution in [0, 0.1) is 0 Å². The van der Waals surface area contributed by atoms with Crippen molar-refractivity contribution in [3.63, 3.8) is 0 Å². The first kappa shape index (κ1) is 14.7. The molecular weight excluding hydrogens is 236 g/mol. The highest BCUT2D eigenvalue weighted by atomic mass is 16.5. The summed E-state index contributed by atoms with van der Waals surface area (Å²) in [5, 5.41) is 2.66. The molecule has 5 N–H and O–H groups in total. The van der Waals surface area contributed by atoms with Crippen molar-refractivity contribution < 1.29 is 14.3 Å². The molecule has 0 aromatic rings. The molecule has 0 radical (unpaired) electrons. The van der Waals surface area contributed by atoms with Crippen molar-refractivity contribution in [2.24, 2.45) is 11.5 Å². The molecule has 0 aromatic carbocycles. The van der Waals surface area contributed by atoms with Crippen LogP contribution in [0.25, 0.3) is 0 Å². The maximum Gasteiger partial charge on any atom is 0.318 e. The molecule has 1 fully saturated rings. The van der Waals surface area contributed by atoms with Crippen molar-refractivity contribution in [2.45, 2.75) is 25.3 Å². The van der Waals surface area contributed by atoms with Crippen LogP contribution in [0.2, 0.25) is 0 Å². The zero-order valence-electron chi connectivity index (χ0n) is 10.6. The first-order valence-corrected chi connectivity index (χ1v) is 6.27. The molecule has 0 unspecified atom stereocenters. The molecule has 18 heavy (non-hydrogen) atoms. The Morgan fingerprint density at radius 1 is 1.28 bits per heavy atom. The number of nitrogens with one attached hydrogen (secondary N) is 1. The Bertz CT molecular complexity index is 279. The van der Waals surface area contributed by atoms with Gasteiger partial charge in [-0.25, -0.2) is 4.79 Å². The number of carbonyl (C=O) groups excluding carboxylic acids is 2. The number of ether oxygens (including phenoxy) is 1. The fraction of sp³-hybridized carbons (Fsp3) is 0.818. The topological polar surface area (TPSA) is 111 Å². The molecule has 1 saturated heterocycles. The van der Waals surface area contributed by atoms with Crippen LogP contribution in [0.4, 0.5) is 4.79 Å². The summed E-state index contributed by atoms with van der Waals surface area (Å²) in [7, 11) is 0. The van der Waals surface area contributed by atoms with E-state index in [0.717, 1.165) is 12.8 Å². The molecular formula is C11H22N4O3. The summed E-state index contributed by atoms with van der Waals surface area (Å²) in [5.41, 5.74) is 10.7. The average Bonchev–Trinajstić information content (AvgIpc) is 2.38. The molecule has 1 atom stereocenters. The van der Waals surface area contributed by atoms with Gasteiger partial charge in [0, 0.05) is 13.1 Å². The molecule has 1 rings (SSSR count). The van der Waals surface area contributed by atoms with Crippen LogP contribution >= 0.6 is 0 Å². The highest BCUT2D eigenvalue weighted by Crippen LogP contribution is 2.03. The summed E-state index contributed by atoms with van der Waals surface area (Å²) >= 11 is 0. The van der Waals surface area contributed by atoms with Crippen LogP contribution < -0.4 is 16.8 Å². The molecule has 0 aromatic heterocycles. The lowest BCUT2D eigenvalue weighted by molar-refractivity contribution is -0.120. The molecule has 1 aliphatic heterocycles. The van der Waals surface area contributed by atoms with Crippen molar-refractivity contribution in [1.82, 2.24) is 10.2 Å². The molecule has 7 nitrogen and oxygen atoms in total. The Labute approximate surface area is 107 Å². The molecule has 104 valence electrons. The SMILES string of the molecule is NCCCC[C@@H](NC(=O)N1CCOCC1)C(N)=O. The smallest absolute Gasteiger partial charge is 0.318 e. The van der Waals surface area contributed by atoms with Crippen molar-refractivity contribution in [1.29, 1.82) is 0 Å². The highest BCUT2D eigenvalue weighted by Gasteiger charge is 2.22. The summed E-state index contributed by atoms with van der Waals surface area (Å²) in [4.78, 5) is 24.7. The van der Waals surface area contributed by atoms with Gasteiger partial charge in [0.15, 0.2) is 0 Å². The third-order valence-corrected chi connectivity index (χ3v) is 2.89. The van der Waals surface area contributed by atoms with Crippen LogP contribution in [0.15, 0.2) is 0 Å². The van der Waals surface area contributed by atoms with E-state index in [1.807, 2.05) is 0 Å². The maximum absolute atomic E-state index is 11.9. The number of morpholine rings is 1. The van der Waals surface area contributed by atoms with E-state index in [9.17, 15) is 9.59 Å². The molecule has 3 amide bonds. The number of hydrogen-bond donors (Lipinski definition) is 3. The van der Waals surface area contributed by atoms with Gasteiger partial charge in [-0.3, -0.25) is 4.79 Å². The van der Waals surface area contributed by atoms with Crippen LogP contribution in [0.5, 0.6) is 0 Å². The maximum atomic E-state index is 11.9. The van der Waals surface area contributed by atoms with E-state index in [1.54, 1.807) is 4.90 Å². The molecule has 1 heterocycles. The number of amides is 3. The lowest BCUT2D eigenvalue weighted by Crippen LogP contribution is -2.52. The first-order chi connectivity index (χ1) is 8.65. The molecule has 1 aliphatic rings. The highest BCUT2D eigenvalue weighted by molar-refractivity contribution is 5.85. The second-order valence-corrected chi connectivity index (χ2v) is 4.29. The van der Waals surface area contributed by atoms with Gasteiger partial charge in [-0.15, -0.1) is 0 Å². The van der Waals surface area contributed by atoms with Gasteiger partial charge in [-0.1, -0.05) is 0 Å². The number of primary amides is 1. The zero-order valence-corrected chi connectivity index (χ0v) is 10.6. The van der Waals surface area contributed by atoms with Crippen LogP contribution in [0.3, 0.4) is 0 Å². The van der Waals surface area contributed by atoms with Gasteiger partial charge in [0.05, 0.1) is 13.2 Å².